The quantitative estimate of drug-likeness (QED) is 0.313. The molecular formula is C23H17ClN2O5. The number of benzene rings is 2. The van der Waals surface area contributed by atoms with Gasteiger partial charge in [0.05, 0.1) is 5.56 Å². The molecule has 8 heteroatoms. The molecule has 4 rings (SSSR count). The minimum atomic E-state index is -4.94. The van der Waals surface area contributed by atoms with Gasteiger partial charge in [0.1, 0.15) is 18.1 Å². The molecule has 0 saturated carbocycles. The van der Waals surface area contributed by atoms with Gasteiger partial charge < -0.3 is 0 Å². The van der Waals surface area contributed by atoms with E-state index in [1.54, 1.807) is 6.20 Å². The number of aromatic nitrogens is 2. The molecule has 0 atom stereocenters. The molecule has 0 N–H and O–H groups in total. The summed E-state index contributed by atoms with van der Waals surface area (Å²) >= 11 is 0. The number of hydrogen-bond donors (Lipinski definition) is 0. The van der Waals surface area contributed by atoms with Crippen molar-refractivity contribution in [2.24, 2.45) is 0 Å². The largest absolute Gasteiger partial charge is 0.327 e. The maximum absolute atomic E-state index is 12.8. The first-order valence-corrected chi connectivity index (χ1v) is 10.3. The highest BCUT2D eigenvalue weighted by atomic mass is 35.7. The van der Waals surface area contributed by atoms with Crippen molar-refractivity contribution in [1.82, 2.24) is 4.98 Å². The summed E-state index contributed by atoms with van der Waals surface area (Å²) in [6.45, 7) is 0. The molecule has 31 heavy (non-hydrogen) atoms. The lowest BCUT2D eigenvalue weighted by molar-refractivity contribution is -2.00. The predicted molar refractivity (Wildman–Crippen MR) is 101 cm³/mol. The normalized spacial score (nSPS) is 10.7. The van der Waals surface area contributed by atoms with Crippen molar-refractivity contribution >= 4 is 5.78 Å². The zero-order valence-corrected chi connectivity index (χ0v) is 16.9. The first-order chi connectivity index (χ1) is 14.8. The van der Waals surface area contributed by atoms with Crippen LogP contribution in [0.5, 0.6) is 0 Å². The second kappa shape index (κ2) is 10.0. The molecule has 0 spiro atoms. The van der Waals surface area contributed by atoms with E-state index in [4.69, 9.17) is 18.6 Å². The summed E-state index contributed by atoms with van der Waals surface area (Å²) in [5.41, 5.74) is 3.35. The van der Waals surface area contributed by atoms with Crippen LogP contribution in [0.3, 0.4) is 0 Å². The third kappa shape index (κ3) is 6.51. The van der Waals surface area contributed by atoms with Crippen molar-refractivity contribution in [1.29, 1.82) is 0 Å². The third-order valence-corrected chi connectivity index (χ3v) is 4.21. The number of ketones is 1. The van der Waals surface area contributed by atoms with Crippen molar-refractivity contribution in [2.75, 3.05) is 0 Å². The highest BCUT2D eigenvalue weighted by Crippen LogP contribution is 2.18. The molecule has 2 aromatic carbocycles. The number of hydrogen-bond acceptors (Lipinski definition) is 6. The van der Waals surface area contributed by atoms with Crippen molar-refractivity contribution in [3.63, 3.8) is 0 Å². The summed E-state index contributed by atoms with van der Waals surface area (Å²) in [6.07, 6.45) is 3.61. The van der Waals surface area contributed by atoms with E-state index in [1.807, 2.05) is 102 Å². The maximum atomic E-state index is 12.8. The minimum Gasteiger partial charge on any atom is -0.288 e. The fourth-order valence-electron chi connectivity index (χ4n) is 2.92. The number of nitrogens with zero attached hydrogens (tertiary/aromatic N) is 2. The molecule has 0 aliphatic rings. The van der Waals surface area contributed by atoms with Gasteiger partial charge in [0, 0.05) is 17.2 Å². The summed E-state index contributed by atoms with van der Waals surface area (Å²) < 4.78 is 35.9. The molecule has 4 aromatic rings. The summed E-state index contributed by atoms with van der Waals surface area (Å²) in [5, 5.41) is 0. The Kier molecular flexibility index (Phi) is 7.19. The molecule has 0 unspecified atom stereocenters. The van der Waals surface area contributed by atoms with E-state index < -0.39 is 10.2 Å². The van der Waals surface area contributed by atoms with Crippen LogP contribution in [0.4, 0.5) is 0 Å². The van der Waals surface area contributed by atoms with Crippen LogP contribution >= 0.6 is 0 Å². The van der Waals surface area contributed by atoms with Crippen LogP contribution < -0.4 is 23.2 Å². The second-order valence-corrected chi connectivity index (χ2v) is 7.06. The second-order valence-electron chi connectivity index (χ2n) is 6.30. The Hall–Kier alpha value is -3.46. The van der Waals surface area contributed by atoms with Crippen molar-refractivity contribution in [3.8, 4) is 17.1 Å². The Labute approximate surface area is 180 Å². The number of rotatable bonds is 4. The van der Waals surface area contributed by atoms with Crippen molar-refractivity contribution in [2.45, 2.75) is 0 Å². The zero-order chi connectivity index (χ0) is 22.3. The van der Waals surface area contributed by atoms with Gasteiger partial charge in [-0.2, -0.15) is 4.57 Å². The fourth-order valence-corrected chi connectivity index (χ4v) is 2.92. The summed E-state index contributed by atoms with van der Waals surface area (Å²) in [5.74, 6) is 0.768. The SMILES string of the molecule is O=C(c1ccccc1)c1ccc(-c2ccccc2)[n+](-c2ccccn2)c1.[O-][Cl+3]([O-])([O-])[O-]. The van der Waals surface area contributed by atoms with Crippen LogP contribution in [0, 0.1) is 10.2 Å². The Morgan fingerprint density at radius 2 is 1.29 bits per heavy atom. The molecule has 0 fully saturated rings. The van der Waals surface area contributed by atoms with E-state index in [2.05, 4.69) is 4.98 Å². The van der Waals surface area contributed by atoms with E-state index in [0.29, 0.717) is 11.1 Å². The zero-order valence-electron chi connectivity index (χ0n) is 16.1. The van der Waals surface area contributed by atoms with Crippen LogP contribution in [-0.4, -0.2) is 10.8 Å². The van der Waals surface area contributed by atoms with Crippen molar-refractivity contribution < 1.29 is 38.2 Å². The lowest BCUT2D eigenvalue weighted by Gasteiger charge is -2.17. The molecule has 0 radical (unpaired) electrons. The molecule has 0 saturated heterocycles. The van der Waals surface area contributed by atoms with Crippen molar-refractivity contribution in [3.05, 3.63) is 115 Å². The smallest absolute Gasteiger partial charge is 0.288 e. The van der Waals surface area contributed by atoms with Gasteiger partial charge in [-0.15, -0.1) is 10.2 Å². The Balaban J connectivity index is 0.000000491. The van der Waals surface area contributed by atoms with Gasteiger partial charge in [0.15, 0.2) is 5.78 Å². The molecular weight excluding hydrogens is 420 g/mol. The molecule has 0 aliphatic carbocycles. The molecule has 7 nitrogen and oxygen atoms in total. The fraction of sp³-hybridized carbons (Fsp3) is 0. The van der Waals surface area contributed by atoms with Crippen LogP contribution in [0.25, 0.3) is 17.1 Å². The van der Waals surface area contributed by atoms with Gasteiger partial charge in [0.2, 0.25) is 0 Å². The van der Waals surface area contributed by atoms with Gasteiger partial charge >= 0.3 is 5.82 Å². The predicted octanol–water partition coefficient (Wildman–Crippen LogP) is -0.500. The molecule has 156 valence electrons. The topological polar surface area (TPSA) is 126 Å². The molecule has 0 bridgehead atoms. The highest BCUT2D eigenvalue weighted by Gasteiger charge is 2.18. The number of carbonyl (C=O) groups excluding carboxylic acids is 1. The number of carbonyl (C=O) groups is 1. The van der Waals surface area contributed by atoms with Crippen LogP contribution in [0.15, 0.2) is 103 Å². The van der Waals surface area contributed by atoms with E-state index >= 15 is 0 Å². The number of pyridine rings is 2. The maximum Gasteiger partial charge on any atom is 0.327 e. The molecule has 0 amide bonds. The van der Waals surface area contributed by atoms with Crippen LogP contribution in [0.2, 0.25) is 0 Å². The first kappa shape index (κ1) is 22.2. The Bertz CT molecular complexity index is 1130. The Morgan fingerprint density at radius 3 is 1.87 bits per heavy atom. The monoisotopic (exact) mass is 436 g/mol. The minimum absolute atomic E-state index is 0.00473. The van der Waals surface area contributed by atoms with Gasteiger partial charge in [-0.1, -0.05) is 66.7 Å². The average Bonchev–Trinajstić information content (AvgIpc) is 2.79. The Morgan fingerprint density at radius 1 is 0.710 bits per heavy atom. The summed E-state index contributed by atoms with van der Waals surface area (Å²) in [7, 11) is -4.94. The summed E-state index contributed by atoms with van der Waals surface area (Å²) in [4.78, 5) is 17.3. The molecule has 2 aromatic heterocycles. The highest BCUT2D eigenvalue weighted by molar-refractivity contribution is 6.08. The lowest BCUT2D eigenvalue weighted by Crippen LogP contribution is -2.68. The van der Waals surface area contributed by atoms with Gasteiger partial charge in [-0.05, 0) is 23.2 Å². The van der Waals surface area contributed by atoms with E-state index in [9.17, 15) is 4.79 Å². The number of halogens is 1. The molecule has 0 aliphatic heterocycles. The van der Waals surface area contributed by atoms with E-state index in [-0.39, 0.29) is 5.78 Å². The molecule has 2 heterocycles. The van der Waals surface area contributed by atoms with Crippen LogP contribution in [-0.2, 0) is 0 Å². The third-order valence-electron chi connectivity index (χ3n) is 4.21. The van der Waals surface area contributed by atoms with E-state index in [1.165, 1.54) is 0 Å². The lowest BCUT2D eigenvalue weighted by atomic mass is 10.0. The average molecular weight is 437 g/mol. The van der Waals surface area contributed by atoms with E-state index in [0.717, 1.165) is 17.1 Å². The van der Waals surface area contributed by atoms with Crippen LogP contribution in [0.1, 0.15) is 15.9 Å². The van der Waals surface area contributed by atoms with Gasteiger partial charge in [-0.3, -0.25) is 4.79 Å². The first-order valence-electron chi connectivity index (χ1n) is 9.07. The van der Waals surface area contributed by atoms with Gasteiger partial charge in [0.25, 0.3) is 0 Å². The standard InChI is InChI=1S/C23H17N2O.ClHO4/c26-23(19-11-5-2-6-12-19)20-14-15-21(18-9-3-1-4-10-18)25(17-20)22-13-7-8-16-24-22;2-1(3,4)5/h1-17H;(H,2,3,4,5)/q+1;/p-1. The summed E-state index contributed by atoms with van der Waals surface area (Å²) in [6, 6.07) is 29.0. The van der Waals surface area contributed by atoms with Gasteiger partial charge in [-0.25, -0.2) is 18.6 Å².